The standard InChI is InChI=1S/C12H18ClN3O3S/c1-4-14-11-5-9(10(13)6-15-11)12(17)16-8(2)7-20(3,18)19/h5-6,8H,4,7H2,1-3H3,(H,14,15)(H,16,17). The van der Waals surface area contributed by atoms with Crippen molar-refractivity contribution < 1.29 is 13.2 Å². The number of hydrogen-bond acceptors (Lipinski definition) is 5. The fraction of sp³-hybridized carbons (Fsp3) is 0.500. The predicted octanol–water partition coefficient (Wildman–Crippen LogP) is 1.33. The summed E-state index contributed by atoms with van der Waals surface area (Å²) in [4.78, 5) is 16.1. The van der Waals surface area contributed by atoms with Gasteiger partial charge in [0.1, 0.15) is 15.7 Å². The van der Waals surface area contributed by atoms with Gasteiger partial charge in [-0.25, -0.2) is 13.4 Å². The van der Waals surface area contributed by atoms with Gasteiger partial charge in [-0.2, -0.15) is 0 Å². The zero-order chi connectivity index (χ0) is 15.3. The maximum atomic E-state index is 12.1. The van der Waals surface area contributed by atoms with Crippen LogP contribution in [0, 0.1) is 0 Å². The summed E-state index contributed by atoms with van der Waals surface area (Å²) in [6.45, 7) is 4.20. The SMILES string of the molecule is CCNc1cc(C(=O)NC(C)CS(C)(=O)=O)c(Cl)cn1. The van der Waals surface area contributed by atoms with Gasteiger partial charge in [-0.1, -0.05) is 11.6 Å². The van der Waals surface area contributed by atoms with Gasteiger partial charge in [0.25, 0.3) is 5.91 Å². The molecular formula is C12H18ClN3O3S. The minimum Gasteiger partial charge on any atom is -0.370 e. The summed E-state index contributed by atoms with van der Waals surface area (Å²) in [6, 6.07) is 1.04. The van der Waals surface area contributed by atoms with E-state index in [0.29, 0.717) is 12.4 Å². The fourth-order valence-corrected chi connectivity index (χ4v) is 2.87. The lowest BCUT2D eigenvalue weighted by Crippen LogP contribution is -2.37. The largest absolute Gasteiger partial charge is 0.370 e. The number of hydrogen-bond donors (Lipinski definition) is 2. The molecule has 112 valence electrons. The molecule has 6 nitrogen and oxygen atoms in total. The lowest BCUT2D eigenvalue weighted by Gasteiger charge is -2.14. The molecule has 0 saturated heterocycles. The number of sulfone groups is 1. The van der Waals surface area contributed by atoms with Crippen LogP contribution in [0.4, 0.5) is 5.82 Å². The Morgan fingerprint density at radius 2 is 2.15 bits per heavy atom. The first kappa shape index (κ1) is 16.7. The molecular weight excluding hydrogens is 302 g/mol. The molecule has 8 heteroatoms. The first-order valence-electron chi connectivity index (χ1n) is 6.11. The Labute approximate surface area is 123 Å². The number of nitrogens with zero attached hydrogens (tertiary/aromatic N) is 1. The third-order valence-corrected chi connectivity index (χ3v) is 3.79. The zero-order valence-corrected chi connectivity index (χ0v) is 13.2. The predicted molar refractivity (Wildman–Crippen MR) is 80.0 cm³/mol. The van der Waals surface area contributed by atoms with Gasteiger partial charge in [0.2, 0.25) is 0 Å². The van der Waals surface area contributed by atoms with Crippen molar-refractivity contribution in [2.75, 3.05) is 23.9 Å². The monoisotopic (exact) mass is 319 g/mol. The molecule has 2 N–H and O–H groups in total. The Morgan fingerprint density at radius 3 is 2.70 bits per heavy atom. The minimum atomic E-state index is -3.15. The van der Waals surface area contributed by atoms with Crippen molar-refractivity contribution in [1.29, 1.82) is 0 Å². The fourth-order valence-electron chi connectivity index (χ4n) is 1.69. The normalized spacial score (nSPS) is 12.8. The van der Waals surface area contributed by atoms with Crippen LogP contribution in [0.25, 0.3) is 0 Å². The topological polar surface area (TPSA) is 88.2 Å². The van der Waals surface area contributed by atoms with Crippen molar-refractivity contribution in [3.63, 3.8) is 0 Å². The van der Waals surface area contributed by atoms with E-state index in [9.17, 15) is 13.2 Å². The molecule has 0 bridgehead atoms. The van der Waals surface area contributed by atoms with Crippen LogP contribution in [0.3, 0.4) is 0 Å². The van der Waals surface area contributed by atoms with Crippen LogP contribution in [-0.2, 0) is 9.84 Å². The van der Waals surface area contributed by atoms with E-state index in [4.69, 9.17) is 11.6 Å². The average Bonchev–Trinajstić information content (AvgIpc) is 2.29. The molecule has 1 heterocycles. The molecule has 1 atom stereocenters. The second-order valence-electron chi connectivity index (χ2n) is 4.55. The molecule has 0 aliphatic carbocycles. The van der Waals surface area contributed by atoms with E-state index in [0.717, 1.165) is 6.26 Å². The number of carbonyl (C=O) groups is 1. The van der Waals surface area contributed by atoms with Crippen molar-refractivity contribution in [2.45, 2.75) is 19.9 Å². The number of halogens is 1. The van der Waals surface area contributed by atoms with Gasteiger partial charge >= 0.3 is 0 Å². The second-order valence-corrected chi connectivity index (χ2v) is 7.14. The summed E-state index contributed by atoms with van der Waals surface area (Å²) in [5.41, 5.74) is 0.262. The lowest BCUT2D eigenvalue weighted by atomic mass is 10.2. The Bertz CT molecular complexity index is 590. The highest BCUT2D eigenvalue weighted by Crippen LogP contribution is 2.18. The Morgan fingerprint density at radius 1 is 1.50 bits per heavy atom. The summed E-state index contributed by atoms with van der Waals surface area (Å²) in [5, 5.41) is 5.80. The van der Waals surface area contributed by atoms with Crippen molar-refractivity contribution >= 4 is 33.2 Å². The number of pyridine rings is 1. The van der Waals surface area contributed by atoms with Crippen molar-refractivity contribution in [2.24, 2.45) is 0 Å². The third kappa shape index (κ3) is 5.34. The summed E-state index contributed by atoms with van der Waals surface area (Å²) in [7, 11) is -3.15. The van der Waals surface area contributed by atoms with E-state index in [1.807, 2.05) is 6.92 Å². The Kier molecular flexibility index (Phi) is 5.76. The summed E-state index contributed by atoms with van der Waals surface area (Å²) >= 11 is 5.94. The molecule has 20 heavy (non-hydrogen) atoms. The lowest BCUT2D eigenvalue weighted by molar-refractivity contribution is 0.0943. The maximum Gasteiger partial charge on any atom is 0.253 e. The van der Waals surface area contributed by atoms with Gasteiger partial charge in [-0.05, 0) is 19.9 Å². The Balaban J connectivity index is 2.84. The van der Waals surface area contributed by atoms with Crippen LogP contribution in [0.5, 0.6) is 0 Å². The molecule has 0 aromatic carbocycles. The van der Waals surface area contributed by atoms with Crippen molar-refractivity contribution in [3.05, 3.63) is 22.8 Å². The molecule has 0 aliphatic rings. The van der Waals surface area contributed by atoms with Crippen molar-refractivity contribution in [1.82, 2.24) is 10.3 Å². The zero-order valence-electron chi connectivity index (χ0n) is 11.6. The van der Waals surface area contributed by atoms with Crippen molar-refractivity contribution in [3.8, 4) is 0 Å². The number of nitrogens with one attached hydrogen (secondary N) is 2. The van der Waals surface area contributed by atoms with Crippen LogP contribution in [0.15, 0.2) is 12.3 Å². The summed E-state index contributed by atoms with van der Waals surface area (Å²) in [6.07, 6.45) is 2.51. The molecule has 1 aromatic heterocycles. The molecule has 1 amide bonds. The second kappa shape index (κ2) is 6.90. The van der Waals surface area contributed by atoms with E-state index < -0.39 is 21.8 Å². The number of anilines is 1. The molecule has 1 unspecified atom stereocenters. The van der Waals surface area contributed by atoms with Crippen LogP contribution in [0.1, 0.15) is 24.2 Å². The van der Waals surface area contributed by atoms with Gasteiger partial charge in [-0.3, -0.25) is 4.79 Å². The van der Waals surface area contributed by atoms with E-state index in [-0.39, 0.29) is 16.3 Å². The highest BCUT2D eigenvalue weighted by atomic mass is 35.5. The number of aromatic nitrogens is 1. The molecule has 0 fully saturated rings. The smallest absolute Gasteiger partial charge is 0.253 e. The first-order valence-corrected chi connectivity index (χ1v) is 8.54. The summed E-state index contributed by atoms with van der Waals surface area (Å²) in [5.74, 6) is -0.00728. The van der Waals surface area contributed by atoms with Crippen LogP contribution >= 0.6 is 11.6 Å². The van der Waals surface area contributed by atoms with Gasteiger partial charge in [0.15, 0.2) is 0 Å². The highest BCUT2D eigenvalue weighted by molar-refractivity contribution is 7.90. The minimum absolute atomic E-state index is 0.124. The van der Waals surface area contributed by atoms with Gasteiger partial charge in [-0.15, -0.1) is 0 Å². The number of carbonyl (C=O) groups excluding carboxylic acids is 1. The Hall–Kier alpha value is -1.34. The van der Waals surface area contributed by atoms with Gasteiger partial charge < -0.3 is 10.6 Å². The van der Waals surface area contributed by atoms with Gasteiger partial charge in [0, 0.05) is 25.0 Å². The van der Waals surface area contributed by atoms with Crippen LogP contribution in [-0.4, -0.2) is 43.9 Å². The van der Waals surface area contributed by atoms with Crippen LogP contribution in [0.2, 0.25) is 5.02 Å². The quantitative estimate of drug-likeness (QED) is 0.826. The molecule has 1 rings (SSSR count). The number of amides is 1. The summed E-state index contributed by atoms with van der Waals surface area (Å²) < 4.78 is 22.3. The van der Waals surface area contributed by atoms with E-state index in [1.165, 1.54) is 12.3 Å². The highest BCUT2D eigenvalue weighted by Gasteiger charge is 2.17. The third-order valence-electron chi connectivity index (χ3n) is 2.39. The van der Waals surface area contributed by atoms with E-state index in [2.05, 4.69) is 15.6 Å². The molecule has 0 aliphatic heterocycles. The molecule has 0 spiro atoms. The molecule has 0 radical (unpaired) electrons. The average molecular weight is 320 g/mol. The number of rotatable bonds is 6. The van der Waals surface area contributed by atoms with E-state index >= 15 is 0 Å². The molecule has 0 saturated carbocycles. The maximum absolute atomic E-state index is 12.1. The molecule has 1 aromatic rings. The van der Waals surface area contributed by atoms with Gasteiger partial charge in [0.05, 0.1) is 16.3 Å². The van der Waals surface area contributed by atoms with E-state index in [1.54, 1.807) is 6.92 Å². The first-order chi connectivity index (χ1) is 9.23. The van der Waals surface area contributed by atoms with Crippen LogP contribution < -0.4 is 10.6 Å².